The van der Waals surface area contributed by atoms with Gasteiger partial charge in [0.1, 0.15) is 5.56 Å². The largest absolute Gasteiger partial charge is 0.348 e. The Balaban J connectivity index is 1.70. The van der Waals surface area contributed by atoms with Crippen LogP contribution in [-0.2, 0) is 16.4 Å². The van der Waals surface area contributed by atoms with E-state index in [1.165, 1.54) is 18.2 Å². The van der Waals surface area contributed by atoms with Gasteiger partial charge in [-0.25, -0.2) is 8.42 Å². The highest BCUT2D eigenvalue weighted by atomic mass is 32.2. The molecule has 0 radical (unpaired) electrons. The summed E-state index contributed by atoms with van der Waals surface area (Å²) in [6, 6.07) is 18.7. The van der Waals surface area contributed by atoms with Gasteiger partial charge in [-0.3, -0.25) is 9.59 Å². The third kappa shape index (κ3) is 4.51. The molecule has 7 heteroatoms. The van der Waals surface area contributed by atoms with Gasteiger partial charge in [0, 0.05) is 18.5 Å². The van der Waals surface area contributed by atoms with Crippen molar-refractivity contribution in [2.24, 2.45) is 0 Å². The number of pyridine rings is 1. The molecule has 0 spiro atoms. The molecule has 1 aromatic heterocycles. The first-order chi connectivity index (χ1) is 12.8. The second kappa shape index (κ2) is 7.59. The summed E-state index contributed by atoms with van der Waals surface area (Å²) in [6.45, 7) is 0.183. The summed E-state index contributed by atoms with van der Waals surface area (Å²) >= 11 is 0. The van der Waals surface area contributed by atoms with Crippen molar-refractivity contribution in [1.82, 2.24) is 10.3 Å². The maximum atomic E-state index is 12.3. The first-order valence-corrected chi connectivity index (χ1v) is 10.1. The molecule has 0 atom stereocenters. The maximum absolute atomic E-state index is 12.3. The topological polar surface area (TPSA) is 96.1 Å². The van der Waals surface area contributed by atoms with Crippen molar-refractivity contribution in [3.63, 3.8) is 0 Å². The van der Waals surface area contributed by atoms with Crippen molar-refractivity contribution in [2.75, 3.05) is 6.26 Å². The number of aromatic nitrogens is 1. The molecule has 138 valence electrons. The van der Waals surface area contributed by atoms with E-state index < -0.39 is 21.3 Å². The second-order valence-electron chi connectivity index (χ2n) is 6.08. The first kappa shape index (κ1) is 18.6. The van der Waals surface area contributed by atoms with Gasteiger partial charge in [-0.05, 0) is 35.4 Å². The zero-order valence-electron chi connectivity index (χ0n) is 14.6. The molecule has 2 N–H and O–H groups in total. The maximum Gasteiger partial charge on any atom is 0.261 e. The molecule has 3 rings (SSSR count). The summed E-state index contributed by atoms with van der Waals surface area (Å²) in [5.74, 6) is -0.497. The number of nitrogens with one attached hydrogen (secondary N) is 2. The molecule has 0 aliphatic heterocycles. The monoisotopic (exact) mass is 382 g/mol. The van der Waals surface area contributed by atoms with E-state index in [2.05, 4.69) is 10.3 Å². The molecule has 27 heavy (non-hydrogen) atoms. The van der Waals surface area contributed by atoms with Crippen LogP contribution in [0.15, 0.2) is 76.4 Å². The van der Waals surface area contributed by atoms with Crippen LogP contribution < -0.4 is 10.9 Å². The number of amides is 1. The molecule has 0 aliphatic rings. The molecule has 1 amide bonds. The predicted octanol–water partition coefficient (Wildman–Crippen LogP) is 2.38. The summed E-state index contributed by atoms with van der Waals surface area (Å²) in [4.78, 5) is 27.4. The van der Waals surface area contributed by atoms with Gasteiger partial charge in [0.05, 0.1) is 4.90 Å². The van der Waals surface area contributed by atoms with Crippen LogP contribution in [0.2, 0.25) is 0 Å². The Labute approximate surface area is 156 Å². The minimum atomic E-state index is -3.26. The van der Waals surface area contributed by atoms with Crippen molar-refractivity contribution < 1.29 is 13.2 Å². The molecular weight excluding hydrogens is 364 g/mol. The van der Waals surface area contributed by atoms with E-state index in [0.717, 1.165) is 17.4 Å². The average Bonchev–Trinajstić information content (AvgIpc) is 2.66. The van der Waals surface area contributed by atoms with Crippen molar-refractivity contribution >= 4 is 15.7 Å². The lowest BCUT2D eigenvalue weighted by molar-refractivity contribution is 0.0949. The van der Waals surface area contributed by atoms with E-state index in [9.17, 15) is 18.0 Å². The fourth-order valence-corrected chi connectivity index (χ4v) is 3.20. The van der Waals surface area contributed by atoms with Gasteiger partial charge in [0.25, 0.3) is 11.5 Å². The Morgan fingerprint density at radius 1 is 0.963 bits per heavy atom. The lowest BCUT2D eigenvalue weighted by Crippen LogP contribution is -2.29. The van der Waals surface area contributed by atoms with Crippen molar-refractivity contribution in [3.05, 3.63) is 88.2 Å². The van der Waals surface area contributed by atoms with Gasteiger partial charge >= 0.3 is 0 Å². The fourth-order valence-electron chi connectivity index (χ4n) is 2.57. The third-order valence-electron chi connectivity index (χ3n) is 4.04. The molecule has 0 saturated heterocycles. The predicted molar refractivity (Wildman–Crippen MR) is 103 cm³/mol. The van der Waals surface area contributed by atoms with Crippen LogP contribution in [0.5, 0.6) is 0 Å². The number of H-pyrrole nitrogens is 1. The Kier molecular flexibility index (Phi) is 5.23. The highest BCUT2D eigenvalue weighted by Gasteiger charge is 2.12. The molecule has 6 nitrogen and oxygen atoms in total. The van der Waals surface area contributed by atoms with E-state index in [4.69, 9.17) is 0 Å². The summed E-state index contributed by atoms with van der Waals surface area (Å²) in [5, 5.41) is 2.67. The van der Waals surface area contributed by atoms with E-state index in [0.29, 0.717) is 5.69 Å². The van der Waals surface area contributed by atoms with E-state index in [1.54, 1.807) is 18.2 Å². The normalized spacial score (nSPS) is 11.1. The minimum absolute atomic E-state index is 0.0161. The van der Waals surface area contributed by atoms with Gasteiger partial charge in [0.15, 0.2) is 9.84 Å². The SMILES string of the molecule is CS(=O)(=O)c1ccc(CNC(=O)c2ccc(-c3ccccc3)[nH]c2=O)cc1. The smallest absolute Gasteiger partial charge is 0.261 e. The Bertz CT molecular complexity index is 1120. The summed E-state index contributed by atoms with van der Waals surface area (Å²) in [5.41, 5.74) is 1.76. The number of rotatable bonds is 5. The van der Waals surface area contributed by atoms with Crippen molar-refractivity contribution in [3.8, 4) is 11.3 Å². The van der Waals surface area contributed by atoms with Gasteiger partial charge in [-0.15, -0.1) is 0 Å². The first-order valence-electron chi connectivity index (χ1n) is 8.20. The number of sulfone groups is 1. The highest BCUT2D eigenvalue weighted by molar-refractivity contribution is 7.90. The molecule has 2 aromatic carbocycles. The van der Waals surface area contributed by atoms with Gasteiger partial charge < -0.3 is 10.3 Å². The lowest BCUT2D eigenvalue weighted by Gasteiger charge is -2.07. The van der Waals surface area contributed by atoms with Crippen LogP contribution >= 0.6 is 0 Å². The Morgan fingerprint density at radius 2 is 1.63 bits per heavy atom. The molecule has 0 unspecified atom stereocenters. The number of carbonyl (C=O) groups excluding carboxylic acids is 1. The lowest BCUT2D eigenvalue weighted by atomic mass is 10.1. The van der Waals surface area contributed by atoms with E-state index in [-0.39, 0.29) is 17.0 Å². The van der Waals surface area contributed by atoms with Gasteiger partial charge in [0.2, 0.25) is 0 Å². The fraction of sp³-hybridized carbons (Fsp3) is 0.100. The van der Waals surface area contributed by atoms with Crippen molar-refractivity contribution in [2.45, 2.75) is 11.4 Å². The molecule has 0 bridgehead atoms. The van der Waals surface area contributed by atoms with Crippen molar-refractivity contribution in [1.29, 1.82) is 0 Å². The van der Waals surface area contributed by atoms with Crippen LogP contribution in [0.25, 0.3) is 11.3 Å². The second-order valence-corrected chi connectivity index (χ2v) is 8.10. The summed E-state index contributed by atoms with van der Waals surface area (Å²) < 4.78 is 22.9. The average molecular weight is 382 g/mol. The molecule has 1 heterocycles. The standard InChI is InChI=1S/C20H18N2O4S/c1-27(25,26)16-9-7-14(8-10-16)13-21-19(23)17-11-12-18(22-20(17)24)15-5-3-2-4-6-15/h2-12H,13H2,1H3,(H,21,23)(H,22,24). The third-order valence-corrected chi connectivity index (χ3v) is 5.17. The number of aromatic amines is 1. The number of hydrogen-bond acceptors (Lipinski definition) is 4. The van der Waals surface area contributed by atoms with Crippen LogP contribution in [0.1, 0.15) is 15.9 Å². The number of carbonyl (C=O) groups is 1. The molecule has 3 aromatic rings. The van der Waals surface area contributed by atoms with E-state index in [1.807, 2.05) is 30.3 Å². The highest BCUT2D eigenvalue weighted by Crippen LogP contribution is 2.15. The number of benzene rings is 2. The molecule has 0 saturated carbocycles. The molecular formula is C20H18N2O4S. The zero-order chi connectivity index (χ0) is 19.4. The summed E-state index contributed by atoms with van der Waals surface area (Å²) in [7, 11) is -3.26. The minimum Gasteiger partial charge on any atom is -0.348 e. The Morgan fingerprint density at radius 3 is 2.22 bits per heavy atom. The Hall–Kier alpha value is -3.19. The number of hydrogen-bond donors (Lipinski definition) is 2. The van der Waals surface area contributed by atoms with Gasteiger partial charge in [-0.2, -0.15) is 0 Å². The van der Waals surface area contributed by atoms with E-state index >= 15 is 0 Å². The van der Waals surface area contributed by atoms with Crippen LogP contribution in [-0.4, -0.2) is 25.6 Å². The molecule has 0 fully saturated rings. The summed E-state index contributed by atoms with van der Waals surface area (Å²) in [6.07, 6.45) is 1.13. The van der Waals surface area contributed by atoms with Gasteiger partial charge in [-0.1, -0.05) is 42.5 Å². The van der Waals surface area contributed by atoms with Crippen LogP contribution in [0.3, 0.4) is 0 Å². The van der Waals surface area contributed by atoms with Crippen LogP contribution in [0, 0.1) is 0 Å². The zero-order valence-corrected chi connectivity index (χ0v) is 15.4. The quantitative estimate of drug-likeness (QED) is 0.708. The molecule has 0 aliphatic carbocycles. The van der Waals surface area contributed by atoms with Crippen LogP contribution in [0.4, 0.5) is 0 Å².